The summed E-state index contributed by atoms with van der Waals surface area (Å²) in [5.41, 5.74) is 2.11. The molecule has 2 aromatic heterocycles. The molecule has 0 atom stereocenters. The van der Waals surface area contributed by atoms with Crippen molar-refractivity contribution in [3.8, 4) is 11.6 Å². The lowest BCUT2D eigenvalue weighted by atomic mass is 10.1. The number of hydrogen-bond acceptors (Lipinski definition) is 3. The molecule has 0 fully saturated rings. The Morgan fingerprint density at radius 1 is 1.50 bits per heavy atom. The van der Waals surface area contributed by atoms with Crippen molar-refractivity contribution in [1.82, 2.24) is 9.97 Å². The number of aromatic amines is 1. The summed E-state index contributed by atoms with van der Waals surface area (Å²) >= 11 is 8.77. The number of rotatable bonds is 3. The molecule has 0 saturated carbocycles. The molecule has 0 aromatic carbocycles. The molecule has 2 rings (SSSR count). The molecule has 0 amide bonds. The molecule has 5 heteroatoms. The van der Waals surface area contributed by atoms with Crippen LogP contribution < -0.4 is 0 Å². The highest BCUT2D eigenvalue weighted by Crippen LogP contribution is 2.25. The molecular formula is C13H15BrN2OS. The van der Waals surface area contributed by atoms with E-state index in [9.17, 15) is 0 Å². The summed E-state index contributed by atoms with van der Waals surface area (Å²) in [4.78, 5) is 7.67. The summed E-state index contributed by atoms with van der Waals surface area (Å²) in [6.07, 6.45) is 2.58. The Morgan fingerprint density at radius 3 is 2.78 bits per heavy atom. The standard InChI is InChI=1S/C13H15BrN2OS/c1-7(2)6-9-10(14)13(18)16-12(15-9)11-8(3)4-5-17-11/h4-5,7H,6H2,1-3H3,(H,15,16,18). The first-order valence-electron chi connectivity index (χ1n) is 5.82. The Labute approximate surface area is 120 Å². The topological polar surface area (TPSA) is 41.8 Å². The van der Waals surface area contributed by atoms with E-state index in [1.165, 1.54) is 0 Å². The van der Waals surface area contributed by atoms with Crippen molar-refractivity contribution in [2.75, 3.05) is 0 Å². The van der Waals surface area contributed by atoms with Gasteiger partial charge in [0.1, 0.15) is 4.64 Å². The summed E-state index contributed by atoms with van der Waals surface area (Å²) in [6, 6.07) is 1.91. The van der Waals surface area contributed by atoms with Crippen LogP contribution in [-0.4, -0.2) is 9.97 Å². The van der Waals surface area contributed by atoms with Gasteiger partial charge in [0.05, 0.1) is 10.7 Å². The monoisotopic (exact) mass is 326 g/mol. The van der Waals surface area contributed by atoms with E-state index in [0.29, 0.717) is 16.4 Å². The Morgan fingerprint density at radius 2 is 2.22 bits per heavy atom. The summed E-state index contributed by atoms with van der Waals surface area (Å²) in [5, 5.41) is 0. The van der Waals surface area contributed by atoms with Gasteiger partial charge in [-0.3, -0.25) is 0 Å². The molecule has 0 bridgehead atoms. The van der Waals surface area contributed by atoms with E-state index in [1.807, 2.05) is 13.0 Å². The molecule has 0 spiro atoms. The van der Waals surface area contributed by atoms with Crippen LogP contribution in [0.3, 0.4) is 0 Å². The van der Waals surface area contributed by atoms with Gasteiger partial charge in [0, 0.05) is 5.69 Å². The lowest BCUT2D eigenvalue weighted by Gasteiger charge is -2.09. The molecule has 0 saturated heterocycles. The average molecular weight is 327 g/mol. The average Bonchev–Trinajstić information content (AvgIpc) is 2.70. The minimum absolute atomic E-state index is 0.542. The van der Waals surface area contributed by atoms with Gasteiger partial charge in [-0.2, -0.15) is 0 Å². The van der Waals surface area contributed by atoms with Gasteiger partial charge in [-0.05, 0) is 46.8 Å². The Hall–Kier alpha value is -0.940. The predicted octanol–water partition coefficient (Wildman–Crippen LogP) is 4.67. The van der Waals surface area contributed by atoms with Crippen LogP contribution in [0.25, 0.3) is 11.6 Å². The molecule has 1 N–H and O–H groups in total. The van der Waals surface area contributed by atoms with Gasteiger partial charge in [-0.25, -0.2) is 4.98 Å². The fourth-order valence-electron chi connectivity index (χ4n) is 1.78. The maximum atomic E-state index is 5.45. The van der Waals surface area contributed by atoms with Crippen molar-refractivity contribution in [1.29, 1.82) is 0 Å². The van der Waals surface area contributed by atoms with E-state index >= 15 is 0 Å². The number of furan rings is 1. The van der Waals surface area contributed by atoms with Crippen LogP contribution in [0.1, 0.15) is 25.1 Å². The predicted molar refractivity (Wildman–Crippen MR) is 78.1 cm³/mol. The first-order valence-corrected chi connectivity index (χ1v) is 7.02. The van der Waals surface area contributed by atoms with Crippen LogP contribution in [0, 0.1) is 17.5 Å². The minimum atomic E-state index is 0.542. The summed E-state index contributed by atoms with van der Waals surface area (Å²) < 4.78 is 6.89. The first kappa shape index (κ1) is 13.5. The first-order chi connectivity index (χ1) is 8.49. The summed E-state index contributed by atoms with van der Waals surface area (Å²) in [7, 11) is 0. The van der Waals surface area contributed by atoms with Gasteiger partial charge in [-0.1, -0.05) is 26.1 Å². The van der Waals surface area contributed by atoms with E-state index < -0.39 is 0 Å². The fraction of sp³-hybridized carbons (Fsp3) is 0.385. The fourth-order valence-corrected chi connectivity index (χ4v) is 2.34. The summed E-state index contributed by atoms with van der Waals surface area (Å²) in [6.45, 7) is 6.32. The maximum Gasteiger partial charge on any atom is 0.175 e. The van der Waals surface area contributed by atoms with E-state index in [1.54, 1.807) is 6.26 Å². The molecular weight excluding hydrogens is 312 g/mol. The number of halogens is 1. The van der Waals surface area contributed by atoms with Gasteiger partial charge in [0.15, 0.2) is 11.6 Å². The van der Waals surface area contributed by atoms with E-state index in [4.69, 9.17) is 16.6 Å². The maximum absolute atomic E-state index is 5.45. The highest BCUT2D eigenvalue weighted by Gasteiger charge is 2.13. The molecule has 0 unspecified atom stereocenters. The van der Waals surface area contributed by atoms with Crippen molar-refractivity contribution in [3.63, 3.8) is 0 Å². The van der Waals surface area contributed by atoms with E-state index in [2.05, 4.69) is 39.7 Å². The van der Waals surface area contributed by atoms with Gasteiger partial charge >= 0.3 is 0 Å². The van der Waals surface area contributed by atoms with Gasteiger partial charge in [0.25, 0.3) is 0 Å². The normalized spacial score (nSPS) is 11.2. The van der Waals surface area contributed by atoms with E-state index in [0.717, 1.165) is 27.9 Å². The lowest BCUT2D eigenvalue weighted by Crippen LogP contribution is -2.02. The van der Waals surface area contributed by atoms with Crippen LogP contribution in [0.2, 0.25) is 0 Å². The third-order valence-corrected chi connectivity index (χ3v) is 4.04. The highest BCUT2D eigenvalue weighted by atomic mass is 79.9. The third kappa shape index (κ3) is 2.72. The second-order valence-electron chi connectivity index (χ2n) is 4.71. The quantitative estimate of drug-likeness (QED) is 0.833. The van der Waals surface area contributed by atoms with Crippen LogP contribution in [0.5, 0.6) is 0 Å². The minimum Gasteiger partial charge on any atom is -0.461 e. The SMILES string of the molecule is Cc1ccoc1-c1nc(=S)c(Br)c(CC(C)C)[nH]1. The molecule has 0 radical (unpaired) electrons. The zero-order valence-electron chi connectivity index (χ0n) is 10.6. The largest absolute Gasteiger partial charge is 0.461 e. The molecule has 96 valence electrons. The number of nitrogens with zero attached hydrogens (tertiary/aromatic N) is 1. The lowest BCUT2D eigenvalue weighted by molar-refractivity contribution is 0.573. The Balaban J connectivity index is 2.54. The van der Waals surface area contributed by atoms with Crippen LogP contribution in [0.15, 0.2) is 21.2 Å². The molecule has 0 aliphatic rings. The molecule has 3 nitrogen and oxygen atoms in total. The second-order valence-corrected chi connectivity index (χ2v) is 5.89. The van der Waals surface area contributed by atoms with Crippen LogP contribution in [-0.2, 0) is 6.42 Å². The molecule has 2 heterocycles. The van der Waals surface area contributed by atoms with Crippen molar-refractivity contribution in [2.45, 2.75) is 27.2 Å². The Bertz CT molecular complexity index is 616. The zero-order valence-corrected chi connectivity index (χ0v) is 13.0. The number of H-pyrrole nitrogens is 1. The smallest absolute Gasteiger partial charge is 0.175 e. The number of aromatic nitrogens is 2. The van der Waals surface area contributed by atoms with Crippen LogP contribution in [0.4, 0.5) is 0 Å². The highest BCUT2D eigenvalue weighted by molar-refractivity contribution is 9.10. The van der Waals surface area contributed by atoms with Crippen LogP contribution >= 0.6 is 28.1 Å². The van der Waals surface area contributed by atoms with Crippen molar-refractivity contribution < 1.29 is 4.42 Å². The molecule has 0 aliphatic heterocycles. The third-order valence-electron chi connectivity index (χ3n) is 2.62. The van der Waals surface area contributed by atoms with Crippen molar-refractivity contribution >= 4 is 28.1 Å². The molecule has 18 heavy (non-hydrogen) atoms. The van der Waals surface area contributed by atoms with Crippen molar-refractivity contribution in [2.24, 2.45) is 5.92 Å². The molecule has 2 aromatic rings. The second kappa shape index (κ2) is 5.36. The molecule has 0 aliphatic carbocycles. The van der Waals surface area contributed by atoms with Gasteiger partial charge < -0.3 is 9.40 Å². The van der Waals surface area contributed by atoms with E-state index in [-0.39, 0.29) is 0 Å². The summed E-state index contributed by atoms with van der Waals surface area (Å²) in [5.74, 6) is 1.99. The number of aryl methyl sites for hydroxylation is 1. The zero-order chi connectivity index (χ0) is 13.3. The van der Waals surface area contributed by atoms with Gasteiger partial charge in [-0.15, -0.1) is 0 Å². The number of hydrogen-bond donors (Lipinski definition) is 1. The number of nitrogens with one attached hydrogen (secondary N) is 1. The van der Waals surface area contributed by atoms with Gasteiger partial charge in [0.2, 0.25) is 0 Å². The Kier molecular flexibility index (Phi) is 4.02. The van der Waals surface area contributed by atoms with Crippen molar-refractivity contribution in [3.05, 3.63) is 32.7 Å².